The van der Waals surface area contributed by atoms with Crippen LogP contribution < -0.4 is 5.73 Å². The first-order valence-corrected chi connectivity index (χ1v) is 7.88. The van der Waals surface area contributed by atoms with Crippen LogP contribution in [0, 0.1) is 6.92 Å². The van der Waals surface area contributed by atoms with Crippen LogP contribution in [0.4, 0.5) is 0 Å². The molecule has 2 heterocycles. The molecular weight excluding hydrogens is 334 g/mol. The Kier molecular flexibility index (Phi) is 4.98. The number of ether oxygens (including phenoxy) is 1. The summed E-state index contributed by atoms with van der Waals surface area (Å²) in [7, 11) is 0. The third-order valence-electron chi connectivity index (χ3n) is 3.49. The zero-order valence-electron chi connectivity index (χ0n) is 14.1. The number of para-hydroxylation sites is 1. The number of hydrogen-bond donors (Lipinski definition) is 1. The zero-order chi connectivity index (χ0) is 18.5. The normalized spacial score (nSPS) is 11.0. The molecule has 0 bridgehead atoms. The van der Waals surface area contributed by atoms with Gasteiger partial charge in [0.2, 0.25) is 0 Å². The second-order valence-electron chi connectivity index (χ2n) is 5.53. The Balaban J connectivity index is 1.93. The van der Waals surface area contributed by atoms with Gasteiger partial charge in [0, 0.05) is 17.8 Å². The summed E-state index contributed by atoms with van der Waals surface area (Å²) in [6.45, 7) is 1.38. The van der Waals surface area contributed by atoms with Crippen molar-refractivity contribution < 1.29 is 18.7 Å². The summed E-state index contributed by atoms with van der Waals surface area (Å²) in [5.41, 5.74) is 7.07. The molecule has 0 saturated carbocycles. The molecule has 0 aliphatic rings. The Morgan fingerprint density at radius 2 is 2.00 bits per heavy atom. The standard InChI is InChI=1S/C19H17N3O4/c1-13-7-9-16(26-13)19-14(8-10-18(24)25-12-17(20)23)11-22(21-19)15-5-3-2-4-6-15/h2-11H,12H2,1H3,(H2,20,23). The van der Waals surface area contributed by atoms with E-state index in [-0.39, 0.29) is 0 Å². The average molecular weight is 351 g/mol. The Morgan fingerprint density at radius 3 is 2.65 bits per heavy atom. The van der Waals surface area contributed by atoms with E-state index < -0.39 is 18.5 Å². The highest BCUT2D eigenvalue weighted by atomic mass is 16.5. The van der Waals surface area contributed by atoms with E-state index in [0.717, 1.165) is 11.4 Å². The first-order valence-electron chi connectivity index (χ1n) is 7.88. The van der Waals surface area contributed by atoms with Gasteiger partial charge in [-0.25, -0.2) is 9.48 Å². The van der Waals surface area contributed by atoms with E-state index in [2.05, 4.69) is 5.10 Å². The summed E-state index contributed by atoms with van der Waals surface area (Å²) in [5.74, 6) is -0.0411. The topological polar surface area (TPSA) is 100 Å². The monoisotopic (exact) mass is 351 g/mol. The maximum Gasteiger partial charge on any atom is 0.331 e. The quantitative estimate of drug-likeness (QED) is 0.543. The number of furan rings is 1. The third-order valence-corrected chi connectivity index (χ3v) is 3.49. The SMILES string of the molecule is Cc1ccc(-c2nn(-c3ccccc3)cc2C=CC(=O)OCC(N)=O)o1. The molecular formula is C19H17N3O4. The van der Waals surface area contributed by atoms with Crippen LogP contribution in [0.15, 0.2) is 59.2 Å². The number of amides is 1. The highest BCUT2D eigenvalue weighted by molar-refractivity contribution is 5.90. The minimum absolute atomic E-state index is 0.462. The summed E-state index contributed by atoms with van der Waals surface area (Å²) >= 11 is 0. The lowest BCUT2D eigenvalue weighted by molar-refractivity contribution is -0.142. The summed E-state index contributed by atoms with van der Waals surface area (Å²) in [4.78, 5) is 22.4. The number of carbonyl (C=O) groups is 2. The number of rotatable bonds is 6. The molecule has 0 radical (unpaired) electrons. The van der Waals surface area contributed by atoms with Crippen molar-refractivity contribution in [1.29, 1.82) is 0 Å². The molecule has 26 heavy (non-hydrogen) atoms. The lowest BCUT2D eigenvalue weighted by Gasteiger charge is -1.98. The van der Waals surface area contributed by atoms with Crippen molar-refractivity contribution in [2.24, 2.45) is 5.73 Å². The summed E-state index contributed by atoms with van der Waals surface area (Å²) in [6, 6.07) is 13.2. The summed E-state index contributed by atoms with van der Waals surface area (Å²) in [6.07, 6.45) is 4.55. The lowest BCUT2D eigenvalue weighted by Crippen LogP contribution is -2.19. The lowest BCUT2D eigenvalue weighted by atomic mass is 10.2. The minimum atomic E-state index is -0.713. The molecule has 1 aromatic carbocycles. The molecule has 0 unspecified atom stereocenters. The number of esters is 1. The maximum absolute atomic E-state index is 11.7. The summed E-state index contributed by atoms with van der Waals surface area (Å²) in [5, 5.41) is 4.56. The van der Waals surface area contributed by atoms with Crippen molar-refractivity contribution >= 4 is 18.0 Å². The van der Waals surface area contributed by atoms with Crippen molar-refractivity contribution in [3.8, 4) is 17.1 Å². The van der Waals surface area contributed by atoms with E-state index in [1.165, 1.54) is 6.08 Å². The third kappa shape index (κ3) is 4.07. The highest BCUT2D eigenvalue weighted by Crippen LogP contribution is 2.26. The van der Waals surface area contributed by atoms with E-state index in [1.807, 2.05) is 49.4 Å². The molecule has 0 atom stereocenters. The molecule has 2 aromatic heterocycles. The van der Waals surface area contributed by atoms with E-state index in [9.17, 15) is 9.59 Å². The molecule has 3 aromatic rings. The van der Waals surface area contributed by atoms with Crippen LogP contribution in [0.5, 0.6) is 0 Å². The fourth-order valence-electron chi connectivity index (χ4n) is 2.32. The van der Waals surface area contributed by atoms with Crippen LogP contribution in [0.25, 0.3) is 23.2 Å². The second-order valence-corrected chi connectivity index (χ2v) is 5.53. The average Bonchev–Trinajstić information content (AvgIpc) is 3.25. The smallest absolute Gasteiger partial charge is 0.331 e. The predicted molar refractivity (Wildman–Crippen MR) is 95.2 cm³/mol. The number of carbonyl (C=O) groups excluding carboxylic acids is 2. The number of aromatic nitrogens is 2. The number of benzene rings is 1. The van der Waals surface area contributed by atoms with Gasteiger partial charge in [-0.05, 0) is 37.3 Å². The van der Waals surface area contributed by atoms with E-state index in [0.29, 0.717) is 17.0 Å². The van der Waals surface area contributed by atoms with Gasteiger partial charge in [0.15, 0.2) is 12.4 Å². The Bertz CT molecular complexity index is 954. The Hall–Kier alpha value is -3.61. The number of hydrogen-bond acceptors (Lipinski definition) is 5. The fourth-order valence-corrected chi connectivity index (χ4v) is 2.32. The summed E-state index contributed by atoms with van der Waals surface area (Å²) < 4.78 is 12.1. The van der Waals surface area contributed by atoms with Crippen LogP contribution >= 0.6 is 0 Å². The highest BCUT2D eigenvalue weighted by Gasteiger charge is 2.14. The number of primary amides is 1. The molecule has 1 amide bonds. The zero-order valence-corrected chi connectivity index (χ0v) is 14.1. The Morgan fingerprint density at radius 1 is 1.23 bits per heavy atom. The molecule has 0 spiro atoms. The molecule has 7 nitrogen and oxygen atoms in total. The molecule has 0 aliphatic heterocycles. The van der Waals surface area contributed by atoms with Gasteiger partial charge >= 0.3 is 5.97 Å². The molecule has 0 aliphatic carbocycles. The molecule has 7 heteroatoms. The predicted octanol–water partition coefficient (Wildman–Crippen LogP) is 2.48. The Labute approximate surface area is 149 Å². The van der Waals surface area contributed by atoms with Gasteiger partial charge in [0.1, 0.15) is 11.5 Å². The van der Waals surface area contributed by atoms with Gasteiger partial charge < -0.3 is 14.9 Å². The van der Waals surface area contributed by atoms with Gasteiger partial charge in [-0.1, -0.05) is 18.2 Å². The molecule has 2 N–H and O–H groups in total. The van der Waals surface area contributed by atoms with Crippen molar-refractivity contribution in [1.82, 2.24) is 9.78 Å². The largest absolute Gasteiger partial charge is 0.460 e. The maximum atomic E-state index is 11.7. The van der Waals surface area contributed by atoms with Gasteiger partial charge in [-0.15, -0.1) is 0 Å². The number of aryl methyl sites for hydroxylation is 1. The number of nitrogens with two attached hydrogens (primary N) is 1. The van der Waals surface area contributed by atoms with Crippen LogP contribution in [0.1, 0.15) is 11.3 Å². The second kappa shape index (κ2) is 7.52. The first-order chi connectivity index (χ1) is 12.5. The van der Waals surface area contributed by atoms with E-state index in [1.54, 1.807) is 17.0 Å². The van der Waals surface area contributed by atoms with Crippen molar-refractivity contribution in [2.75, 3.05) is 6.61 Å². The number of nitrogens with zero attached hydrogens (tertiary/aromatic N) is 2. The fraction of sp³-hybridized carbons (Fsp3) is 0.105. The van der Waals surface area contributed by atoms with Crippen LogP contribution in [0.2, 0.25) is 0 Å². The molecule has 3 rings (SSSR count). The molecule has 132 valence electrons. The van der Waals surface area contributed by atoms with Gasteiger partial charge in [0.05, 0.1) is 5.69 Å². The van der Waals surface area contributed by atoms with Gasteiger partial charge in [0.25, 0.3) is 5.91 Å². The first kappa shape index (κ1) is 17.2. The van der Waals surface area contributed by atoms with Gasteiger partial charge in [-0.3, -0.25) is 4.79 Å². The van der Waals surface area contributed by atoms with E-state index in [4.69, 9.17) is 14.9 Å². The van der Waals surface area contributed by atoms with Crippen molar-refractivity contribution in [2.45, 2.75) is 6.92 Å². The van der Waals surface area contributed by atoms with Gasteiger partial charge in [-0.2, -0.15) is 5.10 Å². The minimum Gasteiger partial charge on any atom is -0.460 e. The molecule has 0 fully saturated rings. The van der Waals surface area contributed by atoms with Crippen LogP contribution in [-0.2, 0) is 14.3 Å². The molecule has 0 saturated heterocycles. The van der Waals surface area contributed by atoms with Crippen molar-refractivity contribution in [3.63, 3.8) is 0 Å². The van der Waals surface area contributed by atoms with E-state index >= 15 is 0 Å². The van der Waals surface area contributed by atoms with Crippen LogP contribution in [-0.4, -0.2) is 28.3 Å². The van der Waals surface area contributed by atoms with Crippen LogP contribution in [0.3, 0.4) is 0 Å². The van der Waals surface area contributed by atoms with Crippen molar-refractivity contribution in [3.05, 3.63) is 66.1 Å².